The summed E-state index contributed by atoms with van der Waals surface area (Å²) in [6, 6.07) is 19.7. The number of hydrogen-bond acceptors (Lipinski definition) is 3. The zero-order chi connectivity index (χ0) is 17.9. The van der Waals surface area contributed by atoms with Crippen LogP contribution in [0.3, 0.4) is 0 Å². The lowest BCUT2D eigenvalue weighted by atomic mass is 10.0. The van der Waals surface area contributed by atoms with Crippen molar-refractivity contribution in [1.29, 1.82) is 0 Å². The number of ether oxygens (including phenoxy) is 2. The van der Waals surface area contributed by atoms with Gasteiger partial charge in [0.2, 0.25) is 0 Å². The van der Waals surface area contributed by atoms with Crippen LogP contribution in [0.2, 0.25) is 0 Å². The Bertz CT molecular complexity index is 670. The maximum atomic E-state index is 6.41. The lowest BCUT2D eigenvalue weighted by Gasteiger charge is -2.31. The second kappa shape index (κ2) is 7.69. The van der Waals surface area contributed by atoms with E-state index in [2.05, 4.69) is 67.3 Å². The Morgan fingerprint density at radius 2 is 1.80 bits per heavy atom. The van der Waals surface area contributed by atoms with E-state index in [4.69, 9.17) is 9.47 Å². The second-order valence-corrected chi connectivity index (χ2v) is 7.19. The van der Waals surface area contributed by atoms with Gasteiger partial charge in [0.25, 0.3) is 0 Å². The first kappa shape index (κ1) is 18.1. The maximum Gasteiger partial charge on any atom is 0.167 e. The molecule has 1 aliphatic rings. The monoisotopic (exact) mass is 339 g/mol. The first-order valence-corrected chi connectivity index (χ1v) is 9.09. The Kier molecular flexibility index (Phi) is 5.57. The Morgan fingerprint density at radius 3 is 2.44 bits per heavy atom. The van der Waals surface area contributed by atoms with E-state index < -0.39 is 5.79 Å². The SMILES string of the molecule is COC1(C)CCN(C(C)c2ccc(C)cc2)CC(c2ccccc2)O1. The molecular weight excluding hydrogens is 310 g/mol. The fraction of sp³-hybridized carbons (Fsp3) is 0.455. The van der Waals surface area contributed by atoms with Crippen LogP contribution < -0.4 is 0 Å². The molecule has 0 radical (unpaired) electrons. The first-order valence-electron chi connectivity index (χ1n) is 9.09. The lowest BCUT2D eigenvalue weighted by molar-refractivity contribution is -0.232. The van der Waals surface area contributed by atoms with E-state index in [1.807, 2.05) is 13.0 Å². The second-order valence-electron chi connectivity index (χ2n) is 7.19. The molecule has 25 heavy (non-hydrogen) atoms. The topological polar surface area (TPSA) is 21.7 Å². The molecule has 3 heteroatoms. The number of nitrogens with zero attached hydrogens (tertiary/aromatic N) is 1. The van der Waals surface area contributed by atoms with Gasteiger partial charge in [-0.25, -0.2) is 0 Å². The van der Waals surface area contributed by atoms with Crippen molar-refractivity contribution in [2.45, 2.75) is 45.1 Å². The smallest absolute Gasteiger partial charge is 0.167 e. The molecule has 3 atom stereocenters. The van der Waals surface area contributed by atoms with E-state index in [0.717, 1.165) is 19.5 Å². The van der Waals surface area contributed by atoms with Crippen molar-refractivity contribution in [3.63, 3.8) is 0 Å². The minimum Gasteiger partial charge on any atom is -0.353 e. The molecule has 3 rings (SSSR count). The highest BCUT2D eigenvalue weighted by Gasteiger charge is 2.35. The van der Waals surface area contributed by atoms with Crippen molar-refractivity contribution < 1.29 is 9.47 Å². The van der Waals surface area contributed by atoms with E-state index in [-0.39, 0.29) is 6.10 Å². The third-order valence-corrected chi connectivity index (χ3v) is 5.36. The quantitative estimate of drug-likeness (QED) is 0.792. The molecular formula is C22H29NO2. The normalized spacial score (nSPS) is 26.2. The van der Waals surface area contributed by atoms with Gasteiger partial charge in [-0.1, -0.05) is 60.2 Å². The fourth-order valence-electron chi connectivity index (χ4n) is 3.45. The summed E-state index contributed by atoms with van der Waals surface area (Å²) in [5.41, 5.74) is 3.84. The third kappa shape index (κ3) is 4.30. The van der Waals surface area contributed by atoms with Gasteiger partial charge >= 0.3 is 0 Å². The minimum atomic E-state index is -0.553. The molecule has 2 aromatic rings. The van der Waals surface area contributed by atoms with Crippen LogP contribution >= 0.6 is 0 Å². The van der Waals surface area contributed by atoms with E-state index in [0.29, 0.717) is 6.04 Å². The average molecular weight is 339 g/mol. The summed E-state index contributed by atoms with van der Waals surface area (Å²) in [7, 11) is 1.74. The Hall–Kier alpha value is -1.68. The van der Waals surface area contributed by atoms with Crippen molar-refractivity contribution in [2.24, 2.45) is 0 Å². The molecule has 134 valence electrons. The summed E-state index contributed by atoms with van der Waals surface area (Å²) in [5, 5.41) is 0. The molecule has 0 saturated carbocycles. The van der Waals surface area contributed by atoms with Crippen molar-refractivity contribution in [2.75, 3.05) is 20.2 Å². The molecule has 0 aliphatic carbocycles. The zero-order valence-corrected chi connectivity index (χ0v) is 15.7. The predicted octanol–water partition coefficient (Wildman–Crippen LogP) is 4.88. The average Bonchev–Trinajstić information content (AvgIpc) is 2.82. The van der Waals surface area contributed by atoms with Crippen LogP contribution in [0.25, 0.3) is 0 Å². The summed E-state index contributed by atoms with van der Waals surface area (Å²) in [6.07, 6.45) is 0.852. The highest BCUT2D eigenvalue weighted by atomic mass is 16.7. The zero-order valence-electron chi connectivity index (χ0n) is 15.7. The van der Waals surface area contributed by atoms with Gasteiger partial charge in [-0.15, -0.1) is 0 Å². The van der Waals surface area contributed by atoms with E-state index in [9.17, 15) is 0 Å². The van der Waals surface area contributed by atoms with Gasteiger partial charge in [0.1, 0.15) is 0 Å². The van der Waals surface area contributed by atoms with E-state index in [1.165, 1.54) is 16.7 Å². The van der Waals surface area contributed by atoms with Crippen LogP contribution in [-0.4, -0.2) is 30.9 Å². The molecule has 2 aromatic carbocycles. The molecule has 3 nitrogen and oxygen atoms in total. The summed E-state index contributed by atoms with van der Waals surface area (Å²) in [5.74, 6) is -0.553. The largest absolute Gasteiger partial charge is 0.353 e. The number of hydrogen-bond donors (Lipinski definition) is 0. The van der Waals surface area contributed by atoms with Crippen molar-refractivity contribution in [1.82, 2.24) is 4.90 Å². The van der Waals surface area contributed by atoms with Crippen molar-refractivity contribution in [3.05, 3.63) is 71.3 Å². The molecule has 1 saturated heterocycles. The maximum absolute atomic E-state index is 6.41. The third-order valence-electron chi connectivity index (χ3n) is 5.36. The number of rotatable bonds is 4. The molecule has 0 aromatic heterocycles. The van der Waals surface area contributed by atoms with Gasteiger partial charge in [0.05, 0.1) is 6.10 Å². The summed E-state index contributed by atoms with van der Waals surface area (Å²) < 4.78 is 12.1. The van der Waals surface area contributed by atoms with Crippen LogP contribution in [0.15, 0.2) is 54.6 Å². The molecule has 0 bridgehead atoms. The number of methoxy groups -OCH3 is 1. The minimum absolute atomic E-state index is 0.00143. The van der Waals surface area contributed by atoms with Gasteiger partial charge in [0, 0.05) is 32.7 Å². The van der Waals surface area contributed by atoms with Gasteiger partial charge < -0.3 is 9.47 Å². The highest BCUT2D eigenvalue weighted by molar-refractivity contribution is 5.24. The van der Waals surface area contributed by atoms with Gasteiger partial charge in [-0.05, 0) is 31.9 Å². The van der Waals surface area contributed by atoms with Crippen LogP contribution in [0.4, 0.5) is 0 Å². The summed E-state index contributed by atoms with van der Waals surface area (Å²) in [4.78, 5) is 2.51. The predicted molar refractivity (Wildman–Crippen MR) is 101 cm³/mol. The Labute approximate surface area is 151 Å². The first-order chi connectivity index (χ1) is 12.0. The lowest BCUT2D eigenvalue weighted by Crippen LogP contribution is -2.32. The number of aryl methyl sites for hydroxylation is 1. The fourth-order valence-corrected chi connectivity index (χ4v) is 3.45. The molecule has 3 unspecified atom stereocenters. The summed E-state index contributed by atoms with van der Waals surface area (Å²) in [6.45, 7) is 8.26. The van der Waals surface area contributed by atoms with E-state index in [1.54, 1.807) is 7.11 Å². The molecule has 0 N–H and O–H groups in total. The molecule has 0 amide bonds. The molecule has 1 heterocycles. The van der Waals surface area contributed by atoms with Gasteiger partial charge in [0.15, 0.2) is 5.79 Å². The van der Waals surface area contributed by atoms with Crippen LogP contribution in [0, 0.1) is 6.92 Å². The molecule has 0 spiro atoms. The van der Waals surface area contributed by atoms with Crippen LogP contribution in [0.5, 0.6) is 0 Å². The Balaban J connectivity index is 1.85. The Morgan fingerprint density at radius 1 is 1.12 bits per heavy atom. The molecule has 1 aliphatic heterocycles. The summed E-state index contributed by atoms with van der Waals surface area (Å²) >= 11 is 0. The van der Waals surface area contributed by atoms with Crippen molar-refractivity contribution >= 4 is 0 Å². The van der Waals surface area contributed by atoms with E-state index >= 15 is 0 Å². The van der Waals surface area contributed by atoms with Crippen LogP contribution in [-0.2, 0) is 9.47 Å². The number of benzene rings is 2. The standard InChI is InChI=1S/C22H29NO2/c1-17-10-12-19(13-11-17)18(2)23-15-14-22(3,24-4)25-21(16-23)20-8-6-5-7-9-20/h5-13,18,21H,14-16H2,1-4H3. The highest BCUT2D eigenvalue weighted by Crippen LogP contribution is 2.34. The van der Waals surface area contributed by atoms with Gasteiger partial charge in [-0.3, -0.25) is 4.90 Å². The van der Waals surface area contributed by atoms with Crippen molar-refractivity contribution in [3.8, 4) is 0 Å². The van der Waals surface area contributed by atoms with Gasteiger partial charge in [-0.2, -0.15) is 0 Å². The molecule has 1 fully saturated rings. The van der Waals surface area contributed by atoms with Crippen LogP contribution in [0.1, 0.15) is 49.1 Å².